The summed E-state index contributed by atoms with van der Waals surface area (Å²) < 4.78 is 6.67. The number of rotatable bonds is 8. The van der Waals surface area contributed by atoms with Crippen LogP contribution in [0.15, 0.2) is 84.9 Å². The Balaban J connectivity index is 1.40. The molecule has 3 aromatic rings. The maximum Gasteiger partial charge on any atom is 0.269 e. The van der Waals surface area contributed by atoms with Crippen molar-refractivity contribution in [1.29, 1.82) is 0 Å². The van der Waals surface area contributed by atoms with Gasteiger partial charge in [0.25, 0.3) is 5.69 Å². The van der Waals surface area contributed by atoms with Gasteiger partial charge in [0, 0.05) is 25.2 Å². The van der Waals surface area contributed by atoms with Crippen LogP contribution in [0.1, 0.15) is 35.6 Å². The zero-order chi connectivity index (χ0) is 21.5. The Morgan fingerprint density at radius 3 is 2.29 bits per heavy atom. The second kappa shape index (κ2) is 10.3. The zero-order valence-corrected chi connectivity index (χ0v) is 17.6. The van der Waals surface area contributed by atoms with Crippen molar-refractivity contribution < 1.29 is 9.66 Å². The van der Waals surface area contributed by atoms with E-state index >= 15 is 0 Å². The Morgan fingerprint density at radius 2 is 1.65 bits per heavy atom. The number of piperidine rings is 1. The molecule has 0 N–H and O–H groups in total. The van der Waals surface area contributed by atoms with E-state index in [4.69, 9.17) is 4.74 Å². The van der Waals surface area contributed by atoms with Crippen molar-refractivity contribution in [1.82, 2.24) is 4.90 Å². The molecular formula is C26H28N2O3. The van der Waals surface area contributed by atoms with E-state index in [0.29, 0.717) is 0 Å². The highest BCUT2D eigenvalue weighted by atomic mass is 16.6. The molecule has 0 bridgehead atoms. The molecule has 0 aliphatic carbocycles. The molecule has 160 valence electrons. The van der Waals surface area contributed by atoms with Crippen molar-refractivity contribution in [3.8, 4) is 0 Å². The van der Waals surface area contributed by atoms with E-state index in [0.717, 1.165) is 44.5 Å². The summed E-state index contributed by atoms with van der Waals surface area (Å²) in [6.07, 6.45) is 3.02. The van der Waals surface area contributed by atoms with Crippen LogP contribution in [0.3, 0.4) is 0 Å². The lowest BCUT2D eigenvalue weighted by molar-refractivity contribution is -0.384. The van der Waals surface area contributed by atoms with Crippen LogP contribution in [0.2, 0.25) is 0 Å². The van der Waals surface area contributed by atoms with Crippen LogP contribution in [0, 0.1) is 10.1 Å². The fourth-order valence-electron chi connectivity index (χ4n) is 4.24. The number of benzene rings is 3. The van der Waals surface area contributed by atoms with Gasteiger partial charge in [-0.05, 0) is 42.5 Å². The summed E-state index contributed by atoms with van der Waals surface area (Å²) in [5, 5.41) is 11.0. The summed E-state index contributed by atoms with van der Waals surface area (Å²) in [4.78, 5) is 13.1. The van der Waals surface area contributed by atoms with Gasteiger partial charge in [-0.3, -0.25) is 10.1 Å². The second-order valence-corrected chi connectivity index (χ2v) is 8.08. The Kier molecular flexibility index (Phi) is 7.07. The minimum atomic E-state index is -0.332. The fraction of sp³-hybridized carbons (Fsp3) is 0.308. The molecule has 1 saturated heterocycles. The molecule has 1 aliphatic rings. The normalized spacial score (nSPS) is 17.0. The molecular weight excluding hydrogens is 388 g/mol. The first-order chi connectivity index (χ1) is 15.2. The quantitative estimate of drug-likeness (QED) is 0.364. The van der Waals surface area contributed by atoms with E-state index in [1.165, 1.54) is 11.1 Å². The van der Waals surface area contributed by atoms with Gasteiger partial charge in [-0.1, -0.05) is 72.8 Å². The van der Waals surface area contributed by atoms with E-state index in [2.05, 4.69) is 53.4 Å². The van der Waals surface area contributed by atoms with Crippen LogP contribution in [0.4, 0.5) is 5.69 Å². The maximum atomic E-state index is 11.0. The molecule has 0 spiro atoms. The molecule has 1 unspecified atom stereocenters. The highest BCUT2D eigenvalue weighted by Crippen LogP contribution is 2.29. The van der Waals surface area contributed by atoms with Crippen molar-refractivity contribution in [3.63, 3.8) is 0 Å². The van der Waals surface area contributed by atoms with Crippen LogP contribution in [0.5, 0.6) is 0 Å². The molecule has 0 radical (unpaired) electrons. The summed E-state index contributed by atoms with van der Waals surface area (Å²) in [7, 11) is 0. The number of hydrogen-bond donors (Lipinski definition) is 0. The molecule has 1 fully saturated rings. The van der Waals surface area contributed by atoms with Gasteiger partial charge in [0.15, 0.2) is 0 Å². The van der Waals surface area contributed by atoms with Crippen LogP contribution < -0.4 is 0 Å². The number of nitro benzene ring substituents is 1. The highest BCUT2D eigenvalue weighted by Gasteiger charge is 2.25. The largest absolute Gasteiger partial charge is 0.364 e. The molecule has 31 heavy (non-hydrogen) atoms. The Hall–Kier alpha value is -3.02. The third-order valence-corrected chi connectivity index (χ3v) is 5.83. The van der Waals surface area contributed by atoms with Gasteiger partial charge < -0.3 is 9.64 Å². The standard InChI is InChI=1S/C26H28N2O3/c29-28(30)24-14-7-9-21(19-24)16-18-27-17-8-15-25(20-27)31-26(22-10-3-1-4-11-22)23-12-5-2-6-13-23/h1-7,9-14,19,25-26H,8,15-18,20H2. The van der Waals surface area contributed by atoms with Crippen molar-refractivity contribution in [2.24, 2.45) is 0 Å². The first kappa shape index (κ1) is 21.2. The summed E-state index contributed by atoms with van der Waals surface area (Å²) >= 11 is 0. The molecule has 5 heteroatoms. The van der Waals surface area contributed by atoms with Crippen molar-refractivity contribution in [2.45, 2.75) is 31.5 Å². The number of nitrogens with zero attached hydrogens (tertiary/aromatic N) is 2. The number of nitro groups is 1. The first-order valence-electron chi connectivity index (χ1n) is 10.9. The number of ether oxygens (including phenoxy) is 1. The van der Waals surface area contributed by atoms with E-state index in [1.54, 1.807) is 18.2 Å². The van der Waals surface area contributed by atoms with Crippen molar-refractivity contribution in [2.75, 3.05) is 19.6 Å². The summed E-state index contributed by atoms with van der Waals surface area (Å²) in [6, 6.07) is 27.7. The lowest BCUT2D eigenvalue weighted by Crippen LogP contribution is -2.41. The van der Waals surface area contributed by atoms with Gasteiger partial charge in [0.05, 0.1) is 11.0 Å². The van der Waals surface area contributed by atoms with Gasteiger partial charge in [0.2, 0.25) is 0 Å². The maximum absolute atomic E-state index is 11.0. The third-order valence-electron chi connectivity index (χ3n) is 5.83. The van der Waals surface area contributed by atoms with Crippen molar-refractivity contribution >= 4 is 5.69 Å². The second-order valence-electron chi connectivity index (χ2n) is 8.08. The average molecular weight is 417 g/mol. The van der Waals surface area contributed by atoms with Crippen LogP contribution in [-0.4, -0.2) is 35.6 Å². The van der Waals surface area contributed by atoms with Gasteiger partial charge in [-0.2, -0.15) is 0 Å². The van der Waals surface area contributed by atoms with Crippen LogP contribution >= 0.6 is 0 Å². The van der Waals surface area contributed by atoms with Crippen LogP contribution in [-0.2, 0) is 11.2 Å². The molecule has 1 atom stereocenters. The SMILES string of the molecule is O=[N+]([O-])c1cccc(CCN2CCCC(OC(c3ccccc3)c3ccccc3)C2)c1. The summed E-state index contributed by atoms with van der Waals surface area (Å²) in [5.74, 6) is 0. The minimum absolute atomic E-state index is 0.0795. The Morgan fingerprint density at radius 1 is 0.968 bits per heavy atom. The lowest BCUT2D eigenvalue weighted by Gasteiger charge is -2.35. The minimum Gasteiger partial charge on any atom is -0.364 e. The predicted molar refractivity (Wildman–Crippen MR) is 122 cm³/mol. The molecule has 1 heterocycles. The number of non-ortho nitro benzene ring substituents is 1. The molecule has 0 amide bonds. The molecule has 3 aromatic carbocycles. The molecule has 0 saturated carbocycles. The molecule has 5 nitrogen and oxygen atoms in total. The first-order valence-corrected chi connectivity index (χ1v) is 10.9. The van der Waals surface area contributed by atoms with Crippen LogP contribution in [0.25, 0.3) is 0 Å². The summed E-state index contributed by atoms with van der Waals surface area (Å²) in [6.45, 7) is 2.80. The number of likely N-dealkylation sites (tertiary alicyclic amines) is 1. The average Bonchev–Trinajstić information content (AvgIpc) is 2.83. The Bertz CT molecular complexity index is 939. The van der Waals surface area contributed by atoms with E-state index in [9.17, 15) is 10.1 Å². The van der Waals surface area contributed by atoms with Gasteiger partial charge in [-0.25, -0.2) is 0 Å². The summed E-state index contributed by atoms with van der Waals surface area (Å²) in [5.41, 5.74) is 3.50. The molecule has 4 rings (SSSR count). The van der Waals surface area contributed by atoms with E-state index in [1.807, 2.05) is 18.2 Å². The van der Waals surface area contributed by atoms with E-state index in [-0.39, 0.29) is 22.8 Å². The topological polar surface area (TPSA) is 55.6 Å². The predicted octanol–water partition coefficient (Wildman–Crippen LogP) is 5.41. The van der Waals surface area contributed by atoms with Gasteiger partial charge >= 0.3 is 0 Å². The molecule has 1 aliphatic heterocycles. The Labute approximate surface area is 183 Å². The third kappa shape index (κ3) is 5.78. The smallest absolute Gasteiger partial charge is 0.269 e. The number of hydrogen-bond acceptors (Lipinski definition) is 4. The zero-order valence-electron chi connectivity index (χ0n) is 17.6. The lowest BCUT2D eigenvalue weighted by atomic mass is 10.00. The molecule has 0 aromatic heterocycles. The van der Waals surface area contributed by atoms with Gasteiger partial charge in [0.1, 0.15) is 6.10 Å². The van der Waals surface area contributed by atoms with Gasteiger partial charge in [-0.15, -0.1) is 0 Å². The fourth-order valence-corrected chi connectivity index (χ4v) is 4.24. The van der Waals surface area contributed by atoms with E-state index < -0.39 is 0 Å². The highest BCUT2D eigenvalue weighted by molar-refractivity contribution is 5.34. The monoisotopic (exact) mass is 416 g/mol. The van der Waals surface area contributed by atoms with Crippen molar-refractivity contribution in [3.05, 3.63) is 112 Å².